The molecular weight excluding hydrogens is 300 g/mol. The Morgan fingerprint density at radius 1 is 1.19 bits per heavy atom. The Balaban J connectivity index is 1.81. The van der Waals surface area contributed by atoms with Gasteiger partial charge in [0.2, 0.25) is 0 Å². The van der Waals surface area contributed by atoms with Crippen LogP contribution in [0.4, 0.5) is 0 Å². The third-order valence-electron chi connectivity index (χ3n) is 3.04. The Morgan fingerprint density at radius 3 is 2.71 bits per heavy atom. The normalized spacial score (nSPS) is 16.8. The lowest BCUT2D eigenvalue weighted by molar-refractivity contribution is -0.122. The molecule has 0 aliphatic carbocycles. The van der Waals surface area contributed by atoms with Gasteiger partial charge in [-0.1, -0.05) is 60.4 Å². The van der Waals surface area contributed by atoms with Crippen molar-refractivity contribution in [1.29, 1.82) is 0 Å². The van der Waals surface area contributed by atoms with Gasteiger partial charge in [-0.25, -0.2) is 0 Å². The van der Waals surface area contributed by atoms with E-state index in [2.05, 4.69) is 4.98 Å². The van der Waals surface area contributed by atoms with Crippen LogP contribution in [-0.4, -0.2) is 20.1 Å². The summed E-state index contributed by atoms with van der Waals surface area (Å²) < 4.78 is 0.596. The van der Waals surface area contributed by atoms with Crippen molar-refractivity contribution in [2.45, 2.75) is 6.54 Å². The third kappa shape index (κ3) is 3.20. The number of nitrogens with zero attached hydrogens (tertiary/aromatic N) is 2. The first-order chi connectivity index (χ1) is 10.2. The summed E-state index contributed by atoms with van der Waals surface area (Å²) in [7, 11) is 0. The molecule has 104 valence electrons. The molecule has 1 aliphatic rings. The number of amides is 1. The van der Waals surface area contributed by atoms with E-state index in [1.165, 1.54) is 11.8 Å². The molecular formula is C16H12N2OS2. The summed E-state index contributed by atoms with van der Waals surface area (Å²) in [5.74, 6) is -0.0438. The number of rotatable bonds is 3. The van der Waals surface area contributed by atoms with E-state index in [9.17, 15) is 4.79 Å². The van der Waals surface area contributed by atoms with Crippen molar-refractivity contribution in [3.63, 3.8) is 0 Å². The van der Waals surface area contributed by atoms with Crippen molar-refractivity contribution in [2.75, 3.05) is 0 Å². The minimum absolute atomic E-state index is 0.0438. The fourth-order valence-electron chi connectivity index (χ4n) is 2.02. The van der Waals surface area contributed by atoms with Crippen LogP contribution in [0.2, 0.25) is 0 Å². The SMILES string of the molecule is O=C1C(=Cc2cccnc2)SC(=S)N1Cc1ccccc1. The maximum absolute atomic E-state index is 12.5. The molecule has 1 amide bonds. The van der Waals surface area contributed by atoms with E-state index < -0.39 is 0 Å². The number of hydrogen-bond acceptors (Lipinski definition) is 4. The molecule has 2 aromatic rings. The highest BCUT2D eigenvalue weighted by atomic mass is 32.2. The molecule has 1 fully saturated rings. The second-order valence-corrected chi connectivity index (χ2v) is 6.22. The van der Waals surface area contributed by atoms with Gasteiger partial charge in [0.15, 0.2) is 0 Å². The first kappa shape index (κ1) is 14.0. The number of carbonyl (C=O) groups is 1. The van der Waals surface area contributed by atoms with E-state index in [-0.39, 0.29) is 5.91 Å². The lowest BCUT2D eigenvalue weighted by atomic mass is 10.2. The van der Waals surface area contributed by atoms with E-state index in [4.69, 9.17) is 12.2 Å². The zero-order valence-corrected chi connectivity index (χ0v) is 12.7. The topological polar surface area (TPSA) is 33.2 Å². The summed E-state index contributed by atoms with van der Waals surface area (Å²) in [6.07, 6.45) is 5.26. The molecule has 2 heterocycles. The summed E-state index contributed by atoms with van der Waals surface area (Å²) in [6.45, 7) is 0.510. The van der Waals surface area contributed by atoms with Gasteiger partial charge in [-0.15, -0.1) is 0 Å². The van der Waals surface area contributed by atoms with E-state index in [1.807, 2.05) is 48.5 Å². The predicted octanol–water partition coefficient (Wildman–Crippen LogP) is 3.48. The second-order valence-electron chi connectivity index (χ2n) is 4.54. The quantitative estimate of drug-likeness (QED) is 0.642. The van der Waals surface area contributed by atoms with Crippen LogP contribution in [0.5, 0.6) is 0 Å². The van der Waals surface area contributed by atoms with E-state index in [1.54, 1.807) is 17.3 Å². The highest BCUT2D eigenvalue weighted by Gasteiger charge is 2.31. The monoisotopic (exact) mass is 312 g/mol. The maximum Gasteiger partial charge on any atom is 0.266 e. The fraction of sp³-hybridized carbons (Fsp3) is 0.0625. The first-order valence-electron chi connectivity index (χ1n) is 6.43. The van der Waals surface area contributed by atoms with Crippen LogP contribution in [0.1, 0.15) is 11.1 Å². The van der Waals surface area contributed by atoms with Gasteiger partial charge in [-0.05, 0) is 23.3 Å². The second kappa shape index (κ2) is 6.20. The summed E-state index contributed by atoms with van der Waals surface area (Å²) in [6, 6.07) is 13.6. The number of thioether (sulfide) groups is 1. The lowest BCUT2D eigenvalue weighted by Gasteiger charge is -2.14. The minimum Gasteiger partial charge on any atom is -0.288 e. The van der Waals surface area contributed by atoms with Crippen molar-refractivity contribution in [3.8, 4) is 0 Å². The van der Waals surface area contributed by atoms with E-state index in [0.717, 1.165) is 11.1 Å². The van der Waals surface area contributed by atoms with Crippen LogP contribution in [0.15, 0.2) is 59.8 Å². The highest BCUT2D eigenvalue weighted by molar-refractivity contribution is 8.26. The molecule has 0 spiro atoms. The van der Waals surface area contributed by atoms with Crippen LogP contribution in [0, 0.1) is 0 Å². The lowest BCUT2D eigenvalue weighted by Crippen LogP contribution is -2.27. The first-order valence-corrected chi connectivity index (χ1v) is 7.66. The van der Waals surface area contributed by atoms with E-state index >= 15 is 0 Å². The Hall–Kier alpha value is -1.98. The molecule has 0 N–H and O–H groups in total. The summed E-state index contributed by atoms with van der Waals surface area (Å²) >= 11 is 6.66. The Bertz CT molecular complexity index is 699. The van der Waals surface area contributed by atoms with Crippen molar-refractivity contribution < 1.29 is 4.79 Å². The number of carbonyl (C=O) groups excluding carboxylic acids is 1. The zero-order chi connectivity index (χ0) is 14.7. The van der Waals surface area contributed by atoms with Crippen molar-refractivity contribution >= 4 is 40.3 Å². The van der Waals surface area contributed by atoms with Crippen molar-refractivity contribution in [2.24, 2.45) is 0 Å². The highest BCUT2D eigenvalue weighted by Crippen LogP contribution is 2.33. The summed E-state index contributed by atoms with van der Waals surface area (Å²) in [5, 5.41) is 0. The Labute approximate surface area is 132 Å². The van der Waals surface area contributed by atoms with Gasteiger partial charge in [0, 0.05) is 12.4 Å². The van der Waals surface area contributed by atoms with Gasteiger partial charge in [-0.2, -0.15) is 0 Å². The number of hydrogen-bond donors (Lipinski definition) is 0. The molecule has 3 nitrogen and oxygen atoms in total. The van der Waals surface area contributed by atoms with Crippen molar-refractivity contribution in [3.05, 3.63) is 70.9 Å². The summed E-state index contributed by atoms with van der Waals surface area (Å²) in [5.41, 5.74) is 1.97. The Kier molecular flexibility index (Phi) is 4.13. The van der Waals surface area contributed by atoms with Crippen molar-refractivity contribution in [1.82, 2.24) is 9.88 Å². The molecule has 1 aromatic heterocycles. The average molecular weight is 312 g/mol. The standard InChI is InChI=1S/C16H12N2OS2/c19-15-14(9-13-7-4-8-17-10-13)21-16(20)18(15)11-12-5-2-1-3-6-12/h1-10H,11H2. The molecule has 0 atom stereocenters. The minimum atomic E-state index is -0.0438. The maximum atomic E-state index is 12.5. The van der Waals surface area contributed by atoms with Crippen LogP contribution in [0.3, 0.4) is 0 Å². The molecule has 0 radical (unpaired) electrons. The number of benzene rings is 1. The molecule has 1 saturated heterocycles. The van der Waals surface area contributed by atoms with Gasteiger partial charge in [0.25, 0.3) is 5.91 Å². The molecule has 3 rings (SSSR count). The number of pyridine rings is 1. The molecule has 1 aromatic carbocycles. The number of thiocarbonyl (C=S) groups is 1. The van der Waals surface area contributed by atoms with Crippen LogP contribution < -0.4 is 0 Å². The molecule has 21 heavy (non-hydrogen) atoms. The Morgan fingerprint density at radius 2 is 2.00 bits per heavy atom. The van der Waals surface area contributed by atoms with Gasteiger partial charge >= 0.3 is 0 Å². The van der Waals surface area contributed by atoms with Gasteiger partial charge in [0.05, 0.1) is 11.4 Å². The predicted molar refractivity (Wildman–Crippen MR) is 89.4 cm³/mol. The van der Waals surface area contributed by atoms with Gasteiger partial charge in [-0.3, -0.25) is 14.7 Å². The van der Waals surface area contributed by atoms with E-state index in [0.29, 0.717) is 15.8 Å². The molecule has 0 unspecified atom stereocenters. The fourth-order valence-corrected chi connectivity index (χ4v) is 3.27. The molecule has 5 heteroatoms. The van der Waals surface area contributed by atoms with Crippen LogP contribution in [0.25, 0.3) is 6.08 Å². The van der Waals surface area contributed by atoms with Gasteiger partial charge in [0.1, 0.15) is 4.32 Å². The zero-order valence-electron chi connectivity index (χ0n) is 11.1. The van der Waals surface area contributed by atoms with Crippen LogP contribution in [-0.2, 0) is 11.3 Å². The van der Waals surface area contributed by atoms with Crippen LogP contribution >= 0.6 is 24.0 Å². The average Bonchev–Trinajstić information content (AvgIpc) is 2.77. The molecule has 0 saturated carbocycles. The molecule has 0 bridgehead atoms. The third-order valence-corrected chi connectivity index (χ3v) is 4.42. The smallest absolute Gasteiger partial charge is 0.266 e. The molecule has 1 aliphatic heterocycles. The largest absolute Gasteiger partial charge is 0.288 e. The number of aromatic nitrogens is 1. The van der Waals surface area contributed by atoms with Gasteiger partial charge < -0.3 is 0 Å². The summed E-state index contributed by atoms with van der Waals surface area (Å²) in [4.78, 5) is 18.8.